The van der Waals surface area contributed by atoms with Crippen LogP contribution in [-0.4, -0.2) is 56.2 Å². The summed E-state index contributed by atoms with van der Waals surface area (Å²) >= 11 is 0. The molecule has 31 heavy (non-hydrogen) atoms. The van der Waals surface area contributed by atoms with Crippen LogP contribution in [0, 0.1) is 17.8 Å². The van der Waals surface area contributed by atoms with E-state index in [1.807, 2.05) is 0 Å². The van der Waals surface area contributed by atoms with Gasteiger partial charge in [-0.2, -0.15) is 0 Å². The van der Waals surface area contributed by atoms with Crippen LogP contribution in [0.5, 0.6) is 0 Å². The summed E-state index contributed by atoms with van der Waals surface area (Å²) < 4.78 is 33.2. The van der Waals surface area contributed by atoms with Gasteiger partial charge in [-0.3, -0.25) is 20.5 Å². The molecule has 5 atom stereocenters. The third-order valence-corrected chi connectivity index (χ3v) is 6.76. The van der Waals surface area contributed by atoms with E-state index in [1.165, 1.54) is 0 Å². The standard InChI is InChI=1S/C22H39F2N5O2/c1-13(2)12-25-22(27-21(30)17-9-8-16(31-3)10-18(17)24)26-20-11-19(28-29-20)14-4-6-15(23)7-5-14/h13-20,28-29H,4-12H2,1-3H3,(H2,25,26,27,30). The predicted octanol–water partition coefficient (Wildman–Crippen LogP) is 2.58. The lowest BCUT2D eigenvalue weighted by atomic mass is 9.82. The number of nitrogens with one attached hydrogen (secondary N) is 4. The van der Waals surface area contributed by atoms with E-state index in [9.17, 15) is 13.6 Å². The average Bonchev–Trinajstić information content (AvgIpc) is 3.20. The van der Waals surface area contributed by atoms with E-state index in [-0.39, 0.29) is 30.6 Å². The molecule has 1 saturated heterocycles. The van der Waals surface area contributed by atoms with Gasteiger partial charge < -0.3 is 10.1 Å². The Balaban J connectivity index is 1.54. The number of ether oxygens (including phenoxy) is 1. The van der Waals surface area contributed by atoms with Crippen LogP contribution in [0.1, 0.15) is 65.2 Å². The average molecular weight is 444 g/mol. The van der Waals surface area contributed by atoms with Crippen molar-refractivity contribution in [3.05, 3.63) is 0 Å². The highest BCUT2D eigenvalue weighted by Gasteiger charge is 2.37. The minimum absolute atomic E-state index is 0.107. The Kier molecular flexibility index (Phi) is 9.04. The molecule has 7 nitrogen and oxygen atoms in total. The number of amides is 1. The van der Waals surface area contributed by atoms with Crippen molar-refractivity contribution in [3.63, 3.8) is 0 Å². The fourth-order valence-corrected chi connectivity index (χ4v) is 4.82. The number of guanidine groups is 1. The van der Waals surface area contributed by atoms with Crippen molar-refractivity contribution in [2.45, 2.75) is 95.9 Å². The molecule has 3 rings (SSSR count). The molecule has 0 aromatic carbocycles. The van der Waals surface area contributed by atoms with Gasteiger partial charge in [-0.15, -0.1) is 0 Å². The summed E-state index contributed by atoms with van der Waals surface area (Å²) in [6, 6.07) is 0.256. The number of rotatable bonds is 6. The third-order valence-electron chi connectivity index (χ3n) is 6.76. The van der Waals surface area contributed by atoms with Crippen molar-refractivity contribution in [1.82, 2.24) is 21.5 Å². The normalized spacial score (nSPS) is 37.1. The summed E-state index contributed by atoms with van der Waals surface area (Å²) in [5.41, 5.74) is 6.55. The summed E-state index contributed by atoms with van der Waals surface area (Å²) in [5.74, 6) is 0.141. The number of halogens is 2. The first-order valence-electron chi connectivity index (χ1n) is 11.8. The molecule has 1 heterocycles. The maximum Gasteiger partial charge on any atom is 0.232 e. The molecule has 2 saturated carbocycles. The molecule has 0 bridgehead atoms. The number of nitrogens with zero attached hydrogens (tertiary/aromatic N) is 1. The Hall–Kier alpha value is -1.32. The highest BCUT2D eigenvalue weighted by molar-refractivity contribution is 5.98. The van der Waals surface area contributed by atoms with Gasteiger partial charge >= 0.3 is 0 Å². The van der Waals surface area contributed by atoms with Crippen LogP contribution in [0.15, 0.2) is 4.99 Å². The SMILES string of the molecule is COC1CCC(C(=O)NC(=NCC(C)C)NC2CC(C3CCC(F)CC3)NN2)C(F)C1. The molecule has 0 aromatic rings. The first-order chi connectivity index (χ1) is 14.9. The zero-order valence-electron chi connectivity index (χ0n) is 19.0. The molecule has 1 amide bonds. The molecule has 3 aliphatic rings. The van der Waals surface area contributed by atoms with E-state index in [0.717, 1.165) is 19.3 Å². The van der Waals surface area contributed by atoms with Crippen LogP contribution in [0.25, 0.3) is 0 Å². The van der Waals surface area contributed by atoms with Gasteiger partial charge in [-0.1, -0.05) is 13.8 Å². The lowest BCUT2D eigenvalue weighted by Gasteiger charge is -2.30. The number of methoxy groups -OCH3 is 1. The molecule has 3 fully saturated rings. The molecule has 0 aromatic heterocycles. The Labute approximate surface area is 184 Å². The highest BCUT2D eigenvalue weighted by Crippen LogP contribution is 2.31. The fraction of sp³-hybridized carbons (Fsp3) is 0.909. The van der Waals surface area contributed by atoms with Crippen LogP contribution < -0.4 is 21.5 Å². The topological polar surface area (TPSA) is 86.8 Å². The van der Waals surface area contributed by atoms with Gasteiger partial charge in [0.05, 0.1) is 18.2 Å². The largest absolute Gasteiger partial charge is 0.381 e. The van der Waals surface area contributed by atoms with Crippen molar-refractivity contribution < 1.29 is 18.3 Å². The van der Waals surface area contributed by atoms with E-state index < -0.39 is 18.3 Å². The summed E-state index contributed by atoms with van der Waals surface area (Å²) in [4.78, 5) is 17.3. The van der Waals surface area contributed by atoms with Crippen molar-refractivity contribution in [3.8, 4) is 0 Å². The van der Waals surface area contributed by atoms with Gasteiger partial charge in [0.1, 0.15) is 12.3 Å². The van der Waals surface area contributed by atoms with Crippen LogP contribution in [0.4, 0.5) is 8.78 Å². The second-order valence-electron chi connectivity index (χ2n) is 9.71. The maximum atomic E-state index is 14.5. The second-order valence-corrected chi connectivity index (χ2v) is 9.71. The van der Waals surface area contributed by atoms with Crippen molar-refractivity contribution in [2.24, 2.45) is 22.7 Å². The third kappa shape index (κ3) is 7.08. The van der Waals surface area contributed by atoms with Crippen molar-refractivity contribution in [2.75, 3.05) is 13.7 Å². The minimum Gasteiger partial charge on any atom is -0.381 e. The lowest BCUT2D eigenvalue weighted by molar-refractivity contribution is -0.128. The van der Waals surface area contributed by atoms with Gasteiger partial charge in [0.15, 0.2) is 5.96 Å². The van der Waals surface area contributed by atoms with Gasteiger partial charge in [0.25, 0.3) is 0 Å². The first kappa shape index (κ1) is 24.3. The number of aliphatic imine (C=N–C) groups is 1. The number of carbonyl (C=O) groups excluding carboxylic acids is 1. The summed E-state index contributed by atoms with van der Waals surface area (Å²) in [5, 5.41) is 6.11. The van der Waals surface area contributed by atoms with E-state index in [1.54, 1.807) is 7.11 Å². The number of hydrogen-bond acceptors (Lipinski definition) is 5. The lowest BCUT2D eigenvalue weighted by Crippen LogP contribution is -2.53. The number of hydrazine groups is 1. The maximum absolute atomic E-state index is 14.5. The smallest absolute Gasteiger partial charge is 0.232 e. The van der Waals surface area contributed by atoms with E-state index in [2.05, 4.69) is 40.3 Å². The Morgan fingerprint density at radius 3 is 2.48 bits per heavy atom. The molecular weight excluding hydrogens is 404 g/mol. The monoisotopic (exact) mass is 443 g/mol. The highest BCUT2D eigenvalue weighted by atomic mass is 19.1. The molecule has 9 heteroatoms. The van der Waals surface area contributed by atoms with Gasteiger partial charge in [0.2, 0.25) is 5.91 Å². The molecule has 0 radical (unpaired) electrons. The molecule has 5 unspecified atom stereocenters. The molecule has 2 aliphatic carbocycles. The molecule has 0 spiro atoms. The molecule has 4 N–H and O–H groups in total. The minimum atomic E-state index is -1.22. The Bertz CT molecular complexity index is 613. The van der Waals surface area contributed by atoms with Crippen LogP contribution in [-0.2, 0) is 9.53 Å². The summed E-state index contributed by atoms with van der Waals surface area (Å²) in [6.07, 6.45) is 3.13. The summed E-state index contributed by atoms with van der Waals surface area (Å²) in [6.45, 7) is 4.67. The van der Waals surface area contributed by atoms with Gasteiger partial charge in [-0.05, 0) is 56.8 Å². The van der Waals surface area contributed by atoms with E-state index >= 15 is 0 Å². The number of carbonyl (C=O) groups is 1. The molecule has 1 aliphatic heterocycles. The predicted molar refractivity (Wildman–Crippen MR) is 117 cm³/mol. The fourth-order valence-electron chi connectivity index (χ4n) is 4.82. The van der Waals surface area contributed by atoms with Crippen LogP contribution in [0.3, 0.4) is 0 Å². The van der Waals surface area contributed by atoms with E-state index in [4.69, 9.17) is 4.74 Å². The zero-order chi connectivity index (χ0) is 22.4. The second kappa shape index (κ2) is 11.5. The van der Waals surface area contributed by atoms with Crippen molar-refractivity contribution in [1.29, 1.82) is 0 Å². The summed E-state index contributed by atoms with van der Waals surface area (Å²) in [7, 11) is 1.58. The van der Waals surface area contributed by atoms with Crippen LogP contribution >= 0.6 is 0 Å². The Morgan fingerprint density at radius 2 is 1.84 bits per heavy atom. The number of alkyl halides is 2. The first-order valence-corrected chi connectivity index (χ1v) is 11.8. The zero-order valence-corrected chi connectivity index (χ0v) is 19.0. The molecular formula is C22H39F2N5O2. The molecule has 178 valence electrons. The van der Waals surface area contributed by atoms with Crippen molar-refractivity contribution >= 4 is 11.9 Å². The number of hydrogen-bond donors (Lipinski definition) is 4. The van der Waals surface area contributed by atoms with Gasteiger partial charge in [0, 0.05) is 26.1 Å². The quantitative estimate of drug-likeness (QED) is 0.375. The van der Waals surface area contributed by atoms with Crippen LogP contribution in [0.2, 0.25) is 0 Å². The van der Waals surface area contributed by atoms with Gasteiger partial charge in [-0.25, -0.2) is 14.2 Å². The van der Waals surface area contributed by atoms with E-state index in [0.29, 0.717) is 50.0 Å². The Morgan fingerprint density at radius 1 is 1.10 bits per heavy atom.